The highest BCUT2D eigenvalue weighted by Crippen LogP contribution is 2.35. The zero-order valence-electron chi connectivity index (χ0n) is 15.7. The molecule has 0 bridgehead atoms. The van der Waals surface area contributed by atoms with Crippen molar-refractivity contribution in [2.45, 2.75) is 33.8 Å². The summed E-state index contributed by atoms with van der Waals surface area (Å²) in [6, 6.07) is 2.66. The SMILES string of the molecule is CCOC(=O)c1c(NC(=O)c2ccc(F)c(F)c2)sc(C(=O)OC(C)C)c1C. The van der Waals surface area contributed by atoms with Crippen molar-refractivity contribution in [3.05, 3.63) is 51.4 Å². The van der Waals surface area contributed by atoms with Crippen LogP contribution in [0.4, 0.5) is 13.8 Å². The molecule has 150 valence electrons. The van der Waals surface area contributed by atoms with E-state index in [0.29, 0.717) is 5.56 Å². The van der Waals surface area contributed by atoms with E-state index in [1.807, 2.05) is 0 Å². The second kappa shape index (κ2) is 8.92. The van der Waals surface area contributed by atoms with Gasteiger partial charge >= 0.3 is 11.9 Å². The molecule has 0 spiro atoms. The molecule has 0 radical (unpaired) electrons. The summed E-state index contributed by atoms with van der Waals surface area (Å²) in [4.78, 5) is 37.2. The number of hydrogen-bond acceptors (Lipinski definition) is 6. The number of ether oxygens (including phenoxy) is 2. The van der Waals surface area contributed by atoms with E-state index < -0.39 is 29.5 Å². The minimum absolute atomic E-state index is 0.0125. The zero-order valence-corrected chi connectivity index (χ0v) is 16.5. The first kappa shape index (κ1) is 21.5. The maximum absolute atomic E-state index is 13.4. The van der Waals surface area contributed by atoms with Crippen molar-refractivity contribution >= 4 is 34.2 Å². The molecule has 0 unspecified atom stereocenters. The smallest absolute Gasteiger partial charge is 0.348 e. The Hall–Kier alpha value is -2.81. The Balaban J connectivity index is 2.43. The maximum Gasteiger partial charge on any atom is 0.348 e. The fraction of sp³-hybridized carbons (Fsp3) is 0.316. The van der Waals surface area contributed by atoms with Gasteiger partial charge in [-0.2, -0.15) is 0 Å². The van der Waals surface area contributed by atoms with Crippen LogP contribution in [0.15, 0.2) is 18.2 Å². The summed E-state index contributed by atoms with van der Waals surface area (Å²) < 4.78 is 36.6. The van der Waals surface area contributed by atoms with Crippen LogP contribution in [0.3, 0.4) is 0 Å². The van der Waals surface area contributed by atoms with Crippen LogP contribution < -0.4 is 5.32 Å². The summed E-state index contributed by atoms with van der Waals surface area (Å²) in [6.45, 7) is 6.61. The van der Waals surface area contributed by atoms with Crippen LogP contribution in [0.5, 0.6) is 0 Å². The Labute approximate surface area is 164 Å². The van der Waals surface area contributed by atoms with E-state index in [1.165, 1.54) is 6.92 Å². The van der Waals surface area contributed by atoms with Gasteiger partial charge in [-0.1, -0.05) is 0 Å². The van der Waals surface area contributed by atoms with E-state index >= 15 is 0 Å². The number of anilines is 1. The van der Waals surface area contributed by atoms with Crippen molar-refractivity contribution in [2.75, 3.05) is 11.9 Å². The number of carbonyl (C=O) groups excluding carboxylic acids is 3. The second-order valence-corrected chi connectivity index (χ2v) is 7.04. The summed E-state index contributed by atoms with van der Waals surface area (Å²) in [5.74, 6) is -4.40. The van der Waals surface area contributed by atoms with E-state index in [-0.39, 0.29) is 33.7 Å². The number of benzene rings is 1. The van der Waals surface area contributed by atoms with E-state index in [1.54, 1.807) is 20.8 Å². The summed E-state index contributed by atoms with van der Waals surface area (Å²) in [7, 11) is 0. The molecule has 6 nitrogen and oxygen atoms in total. The predicted octanol–water partition coefficient (Wildman–Crippen LogP) is 4.33. The summed E-state index contributed by atoms with van der Waals surface area (Å²) in [5.41, 5.74) is 0.166. The minimum Gasteiger partial charge on any atom is -0.462 e. The molecule has 1 aromatic carbocycles. The Kier molecular flexibility index (Phi) is 6.85. The minimum atomic E-state index is -1.18. The normalized spacial score (nSPS) is 10.7. The quantitative estimate of drug-likeness (QED) is 0.716. The van der Waals surface area contributed by atoms with Crippen molar-refractivity contribution < 1.29 is 32.6 Å². The lowest BCUT2D eigenvalue weighted by Crippen LogP contribution is -2.15. The van der Waals surface area contributed by atoms with Crippen molar-refractivity contribution in [3.63, 3.8) is 0 Å². The Morgan fingerprint density at radius 3 is 2.39 bits per heavy atom. The fourth-order valence-corrected chi connectivity index (χ4v) is 3.40. The number of nitrogens with one attached hydrogen (secondary N) is 1. The molecule has 0 fully saturated rings. The van der Waals surface area contributed by atoms with Gasteiger partial charge in [0.05, 0.1) is 18.3 Å². The molecular weight excluding hydrogens is 392 g/mol. The second-order valence-electron chi connectivity index (χ2n) is 6.02. The molecular formula is C19H19F2NO5S. The molecule has 28 heavy (non-hydrogen) atoms. The lowest BCUT2D eigenvalue weighted by Gasteiger charge is -2.07. The molecule has 2 rings (SSSR count). The van der Waals surface area contributed by atoms with Crippen LogP contribution in [0.25, 0.3) is 0 Å². The van der Waals surface area contributed by atoms with Gasteiger partial charge in [0.1, 0.15) is 9.88 Å². The molecule has 1 aromatic heterocycles. The third-order valence-electron chi connectivity index (χ3n) is 3.56. The van der Waals surface area contributed by atoms with Crippen LogP contribution in [0.2, 0.25) is 0 Å². The van der Waals surface area contributed by atoms with E-state index in [0.717, 1.165) is 29.5 Å². The van der Waals surface area contributed by atoms with Gasteiger partial charge in [-0.15, -0.1) is 11.3 Å². The number of halogens is 2. The monoisotopic (exact) mass is 411 g/mol. The van der Waals surface area contributed by atoms with Gasteiger partial charge in [0.15, 0.2) is 11.6 Å². The number of carbonyl (C=O) groups is 3. The lowest BCUT2D eigenvalue weighted by molar-refractivity contribution is 0.0383. The van der Waals surface area contributed by atoms with Crippen molar-refractivity contribution in [3.8, 4) is 0 Å². The van der Waals surface area contributed by atoms with Crippen molar-refractivity contribution in [1.29, 1.82) is 0 Å². The highest BCUT2D eigenvalue weighted by molar-refractivity contribution is 7.18. The third kappa shape index (κ3) is 4.72. The molecule has 0 aliphatic rings. The largest absolute Gasteiger partial charge is 0.462 e. The van der Waals surface area contributed by atoms with Gasteiger partial charge in [-0.25, -0.2) is 18.4 Å². The first-order chi connectivity index (χ1) is 13.1. The standard InChI is InChI=1S/C19H19F2NO5S/c1-5-26-18(24)14-10(4)15(19(25)27-9(2)3)28-17(14)22-16(23)11-6-7-12(20)13(21)8-11/h6-9H,5H2,1-4H3,(H,22,23). The van der Waals surface area contributed by atoms with Gasteiger partial charge in [0.2, 0.25) is 0 Å². The van der Waals surface area contributed by atoms with Crippen LogP contribution >= 0.6 is 11.3 Å². The lowest BCUT2D eigenvalue weighted by atomic mass is 10.1. The van der Waals surface area contributed by atoms with E-state index in [2.05, 4.69) is 5.32 Å². The van der Waals surface area contributed by atoms with Crippen LogP contribution in [-0.2, 0) is 9.47 Å². The maximum atomic E-state index is 13.4. The Morgan fingerprint density at radius 2 is 1.82 bits per heavy atom. The number of esters is 2. The summed E-state index contributed by atoms with van der Waals surface area (Å²) in [5, 5.41) is 2.52. The molecule has 0 atom stereocenters. The van der Waals surface area contributed by atoms with Gasteiger partial charge in [0.25, 0.3) is 5.91 Å². The highest BCUT2D eigenvalue weighted by Gasteiger charge is 2.28. The Morgan fingerprint density at radius 1 is 1.14 bits per heavy atom. The molecule has 9 heteroatoms. The average molecular weight is 411 g/mol. The molecule has 0 aliphatic carbocycles. The molecule has 0 saturated heterocycles. The number of thiophene rings is 1. The van der Waals surface area contributed by atoms with Gasteiger partial charge in [-0.05, 0) is 51.5 Å². The fourth-order valence-electron chi connectivity index (χ4n) is 2.33. The molecule has 1 amide bonds. The van der Waals surface area contributed by atoms with E-state index in [9.17, 15) is 23.2 Å². The molecule has 0 saturated carbocycles. The number of rotatable bonds is 6. The van der Waals surface area contributed by atoms with Crippen molar-refractivity contribution in [1.82, 2.24) is 0 Å². The van der Waals surface area contributed by atoms with Crippen molar-refractivity contribution in [2.24, 2.45) is 0 Å². The van der Waals surface area contributed by atoms with Gasteiger partial charge in [0, 0.05) is 5.56 Å². The Bertz CT molecular complexity index is 923. The van der Waals surface area contributed by atoms with Gasteiger partial charge < -0.3 is 14.8 Å². The predicted molar refractivity (Wildman–Crippen MR) is 99.9 cm³/mol. The van der Waals surface area contributed by atoms with Crippen LogP contribution in [-0.4, -0.2) is 30.6 Å². The third-order valence-corrected chi connectivity index (χ3v) is 4.75. The van der Waals surface area contributed by atoms with Crippen LogP contribution in [0, 0.1) is 18.6 Å². The number of hydrogen-bond donors (Lipinski definition) is 1. The highest BCUT2D eigenvalue weighted by atomic mass is 32.1. The first-order valence-corrected chi connectivity index (χ1v) is 9.25. The molecule has 1 N–H and O–H groups in total. The zero-order chi connectivity index (χ0) is 21.0. The summed E-state index contributed by atoms with van der Waals surface area (Å²) in [6.07, 6.45) is -0.375. The topological polar surface area (TPSA) is 81.7 Å². The first-order valence-electron chi connectivity index (χ1n) is 8.43. The molecule has 1 heterocycles. The summed E-state index contributed by atoms with van der Waals surface area (Å²) >= 11 is 0.846. The number of amides is 1. The molecule has 2 aromatic rings. The average Bonchev–Trinajstić information content (AvgIpc) is 2.93. The van der Waals surface area contributed by atoms with E-state index in [4.69, 9.17) is 9.47 Å². The van der Waals surface area contributed by atoms with Crippen LogP contribution in [0.1, 0.15) is 56.7 Å². The molecule has 0 aliphatic heterocycles. The van der Waals surface area contributed by atoms with Gasteiger partial charge in [-0.3, -0.25) is 4.79 Å².